The summed E-state index contributed by atoms with van der Waals surface area (Å²) in [4.78, 5) is 2.36. The van der Waals surface area contributed by atoms with E-state index in [-0.39, 0.29) is 0 Å². The largest absolute Gasteiger partial charge is 0.298 e. The van der Waals surface area contributed by atoms with Gasteiger partial charge in [-0.3, -0.25) is 9.08 Å². The minimum atomic E-state index is -3.28. The normalized spacial score (nSPS) is 17.6. The van der Waals surface area contributed by atoms with Crippen LogP contribution in [0.4, 0.5) is 0 Å². The van der Waals surface area contributed by atoms with Gasteiger partial charge in [0.1, 0.15) is 0 Å². The molecule has 0 amide bonds. The minimum absolute atomic E-state index is 0.308. The van der Waals surface area contributed by atoms with E-state index in [1.807, 2.05) is 18.2 Å². The van der Waals surface area contributed by atoms with Crippen LogP contribution in [-0.2, 0) is 20.8 Å². The molecule has 0 atom stereocenters. The van der Waals surface area contributed by atoms with Gasteiger partial charge in [-0.15, -0.1) is 0 Å². The predicted octanol–water partition coefficient (Wildman–Crippen LogP) is 1.48. The Hall–Kier alpha value is -0.910. The molecule has 0 radical (unpaired) electrons. The van der Waals surface area contributed by atoms with Crippen LogP contribution < -0.4 is 0 Å². The summed E-state index contributed by atoms with van der Waals surface area (Å²) in [7, 11) is -3.28. The maximum Gasteiger partial charge on any atom is 0.264 e. The molecular formula is C13H19NO3S. The lowest BCUT2D eigenvalue weighted by Crippen LogP contribution is -2.46. The van der Waals surface area contributed by atoms with Gasteiger partial charge in [-0.05, 0) is 17.9 Å². The number of hydrogen-bond donors (Lipinski definition) is 0. The van der Waals surface area contributed by atoms with Crippen LogP contribution in [0.5, 0.6) is 0 Å². The Kier molecular flexibility index (Phi) is 4.37. The zero-order chi connectivity index (χ0) is 13.0. The van der Waals surface area contributed by atoms with Gasteiger partial charge in [0.25, 0.3) is 10.1 Å². The molecule has 1 saturated heterocycles. The number of benzene rings is 1. The van der Waals surface area contributed by atoms with Gasteiger partial charge in [0.2, 0.25) is 0 Å². The lowest BCUT2D eigenvalue weighted by molar-refractivity contribution is 0.0761. The molecule has 2 rings (SSSR count). The average Bonchev–Trinajstić information content (AvgIpc) is 2.25. The zero-order valence-corrected chi connectivity index (χ0v) is 11.4. The summed E-state index contributed by atoms with van der Waals surface area (Å²) in [6, 6.07) is 10.4. The van der Waals surface area contributed by atoms with Gasteiger partial charge in [-0.2, -0.15) is 8.42 Å². The summed E-state index contributed by atoms with van der Waals surface area (Å²) in [5.41, 5.74) is 1.32. The second-order valence-electron chi connectivity index (χ2n) is 4.86. The van der Waals surface area contributed by atoms with Crippen molar-refractivity contribution in [3.05, 3.63) is 35.9 Å². The van der Waals surface area contributed by atoms with E-state index in [1.165, 1.54) is 5.56 Å². The summed E-state index contributed by atoms with van der Waals surface area (Å²) < 4.78 is 26.3. The first-order valence-electron chi connectivity index (χ1n) is 6.13. The SMILES string of the molecule is CS(=O)(=O)OCCC1CN(Cc2ccccc2)C1. The van der Waals surface area contributed by atoms with Crippen molar-refractivity contribution in [1.82, 2.24) is 4.90 Å². The van der Waals surface area contributed by atoms with Crippen LogP contribution in [0.3, 0.4) is 0 Å². The summed E-state index contributed by atoms with van der Waals surface area (Å²) in [6.45, 7) is 3.34. The first-order valence-corrected chi connectivity index (χ1v) is 7.95. The number of likely N-dealkylation sites (tertiary alicyclic amines) is 1. The van der Waals surface area contributed by atoms with Crippen LogP contribution in [0.15, 0.2) is 30.3 Å². The van der Waals surface area contributed by atoms with Crippen molar-refractivity contribution in [2.45, 2.75) is 13.0 Å². The molecule has 0 aromatic heterocycles. The highest BCUT2D eigenvalue weighted by Crippen LogP contribution is 2.21. The van der Waals surface area contributed by atoms with Gasteiger partial charge in [0.15, 0.2) is 0 Å². The van der Waals surface area contributed by atoms with E-state index in [0.717, 1.165) is 32.3 Å². The second kappa shape index (κ2) is 5.82. The van der Waals surface area contributed by atoms with E-state index in [2.05, 4.69) is 17.0 Å². The van der Waals surface area contributed by atoms with E-state index >= 15 is 0 Å². The summed E-state index contributed by atoms with van der Waals surface area (Å²) >= 11 is 0. The van der Waals surface area contributed by atoms with Gasteiger partial charge in [0.05, 0.1) is 12.9 Å². The topological polar surface area (TPSA) is 46.6 Å². The molecule has 0 N–H and O–H groups in total. The van der Waals surface area contributed by atoms with Crippen molar-refractivity contribution in [2.75, 3.05) is 26.0 Å². The van der Waals surface area contributed by atoms with Crippen LogP contribution in [-0.4, -0.2) is 39.3 Å². The molecule has 1 aliphatic heterocycles. The van der Waals surface area contributed by atoms with Crippen molar-refractivity contribution in [3.63, 3.8) is 0 Å². The lowest BCUT2D eigenvalue weighted by Gasteiger charge is -2.39. The van der Waals surface area contributed by atoms with E-state index in [0.29, 0.717) is 12.5 Å². The molecule has 1 fully saturated rings. The fourth-order valence-corrected chi connectivity index (χ4v) is 2.60. The third-order valence-electron chi connectivity index (χ3n) is 3.11. The van der Waals surface area contributed by atoms with Crippen molar-refractivity contribution >= 4 is 10.1 Å². The molecule has 18 heavy (non-hydrogen) atoms. The Bertz CT molecular complexity index is 466. The Balaban J connectivity index is 1.63. The first-order chi connectivity index (χ1) is 8.53. The second-order valence-corrected chi connectivity index (χ2v) is 6.50. The van der Waals surface area contributed by atoms with E-state index < -0.39 is 10.1 Å². The molecule has 0 saturated carbocycles. The molecule has 1 aromatic carbocycles. The summed E-state index contributed by atoms with van der Waals surface area (Å²) in [5.74, 6) is 0.565. The van der Waals surface area contributed by atoms with E-state index in [1.54, 1.807) is 0 Å². The lowest BCUT2D eigenvalue weighted by atomic mass is 9.96. The predicted molar refractivity (Wildman–Crippen MR) is 70.6 cm³/mol. The van der Waals surface area contributed by atoms with Crippen molar-refractivity contribution in [3.8, 4) is 0 Å². The van der Waals surface area contributed by atoms with Crippen LogP contribution >= 0.6 is 0 Å². The Labute approximate surface area is 109 Å². The fraction of sp³-hybridized carbons (Fsp3) is 0.538. The molecule has 5 heteroatoms. The van der Waals surface area contributed by atoms with Crippen LogP contribution in [0.2, 0.25) is 0 Å². The van der Waals surface area contributed by atoms with Crippen LogP contribution in [0.1, 0.15) is 12.0 Å². The highest BCUT2D eigenvalue weighted by Gasteiger charge is 2.26. The summed E-state index contributed by atoms with van der Waals surface area (Å²) in [5, 5.41) is 0. The first kappa shape index (κ1) is 13.5. The smallest absolute Gasteiger partial charge is 0.264 e. The maximum atomic E-state index is 10.8. The fourth-order valence-electron chi connectivity index (χ4n) is 2.20. The van der Waals surface area contributed by atoms with Crippen molar-refractivity contribution in [2.24, 2.45) is 5.92 Å². The molecule has 0 bridgehead atoms. The van der Waals surface area contributed by atoms with Crippen molar-refractivity contribution in [1.29, 1.82) is 0 Å². The standard InChI is InChI=1S/C13H19NO3S/c1-18(15,16)17-8-7-13-10-14(11-13)9-12-5-3-2-4-6-12/h2-6,13H,7-11H2,1H3. The molecule has 1 aromatic rings. The van der Waals surface area contributed by atoms with Crippen LogP contribution in [0.25, 0.3) is 0 Å². The molecule has 1 heterocycles. The molecule has 1 aliphatic rings. The molecule has 100 valence electrons. The minimum Gasteiger partial charge on any atom is -0.298 e. The Morgan fingerprint density at radius 1 is 1.28 bits per heavy atom. The summed E-state index contributed by atoms with van der Waals surface area (Å²) in [6.07, 6.45) is 1.91. The van der Waals surface area contributed by atoms with E-state index in [9.17, 15) is 8.42 Å². The van der Waals surface area contributed by atoms with Gasteiger partial charge in [-0.25, -0.2) is 0 Å². The molecule has 0 spiro atoms. The Morgan fingerprint density at radius 3 is 2.56 bits per heavy atom. The quantitative estimate of drug-likeness (QED) is 0.734. The maximum absolute atomic E-state index is 10.8. The third kappa shape index (κ3) is 4.40. The monoisotopic (exact) mass is 269 g/mol. The number of hydrogen-bond acceptors (Lipinski definition) is 4. The Morgan fingerprint density at radius 2 is 1.94 bits per heavy atom. The molecular weight excluding hydrogens is 250 g/mol. The number of nitrogens with zero attached hydrogens (tertiary/aromatic N) is 1. The zero-order valence-electron chi connectivity index (χ0n) is 10.6. The van der Waals surface area contributed by atoms with Gasteiger partial charge in [0, 0.05) is 19.6 Å². The van der Waals surface area contributed by atoms with E-state index in [4.69, 9.17) is 4.18 Å². The van der Waals surface area contributed by atoms with Gasteiger partial charge < -0.3 is 0 Å². The highest BCUT2D eigenvalue weighted by atomic mass is 32.2. The van der Waals surface area contributed by atoms with Gasteiger partial charge >= 0.3 is 0 Å². The van der Waals surface area contributed by atoms with Crippen molar-refractivity contribution < 1.29 is 12.6 Å². The molecule has 4 nitrogen and oxygen atoms in total. The highest BCUT2D eigenvalue weighted by molar-refractivity contribution is 7.85. The van der Waals surface area contributed by atoms with Gasteiger partial charge in [-0.1, -0.05) is 30.3 Å². The van der Waals surface area contributed by atoms with Crippen LogP contribution in [0, 0.1) is 5.92 Å². The molecule has 0 unspecified atom stereocenters. The average molecular weight is 269 g/mol. The molecule has 0 aliphatic carbocycles. The third-order valence-corrected chi connectivity index (χ3v) is 3.70. The number of rotatable bonds is 6.